The van der Waals surface area contributed by atoms with Gasteiger partial charge in [0.15, 0.2) is 5.82 Å². The smallest absolute Gasteiger partial charge is 0.202 e. The van der Waals surface area contributed by atoms with E-state index in [1.165, 1.54) is 17.2 Å². The Labute approximate surface area is 121 Å². The first-order valence-electron chi connectivity index (χ1n) is 6.41. The predicted molar refractivity (Wildman–Crippen MR) is 80.7 cm³/mol. The Bertz CT molecular complexity index is 674. The van der Waals surface area contributed by atoms with Crippen molar-refractivity contribution in [3.05, 3.63) is 48.5 Å². The van der Waals surface area contributed by atoms with Gasteiger partial charge in [-0.1, -0.05) is 30.3 Å². The summed E-state index contributed by atoms with van der Waals surface area (Å²) >= 11 is 1.39. The summed E-state index contributed by atoms with van der Waals surface area (Å²) in [7, 11) is 2.00. The van der Waals surface area contributed by atoms with Gasteiger partial charge < -0.3 is 9.88 Å². The number of rotatable bonds is 5. The van der Waals surface area contributed by atoms with Gasteiger partial charge >= 0.3 is 0 Å². The first kappa shape index (κ1) is 12.8. The van der Waals surface area contributed by atoms with Crippen molar-refractivity contribution in [2.45, 2.75) is 6.42 Å². The molecule has 0 aliphatic carbocycles. The average molecular weight is 285 g/mol. The first-order valence-corrected chi connectivity index (χ1v) is 7.18. The standard InChI is InChI=1S/C14H15N5S/c1-19-10-15-9-12(19)7-8-16-14-17-13(18-20-14)11-5-3-2-4-6-11/h2-6,9-10H,7-8H2,1H3,(H,16,17,18). The third-order valence-corrected chi connectivity index (χ3v) is 3.70. The largest absolute Gasteiger partial charge is 0.360 e. The molecule has 0 aliphatic heterocycles. The fraction of sp³-hybridized carbons (Fsp3) is 0.214. The lowest BCUT2D eigenvalue weighted by atomic mass is 10.2. The van der Waals surface area contributed by atoms with Gasteiger partial charge in [-0.3, -0.25) is 0 Å². The second-order valence-electron chi connectivity index (χ2n) is 4.46. The molecule has 0 fully saturated rings. The van der Waals surface area contributed by atoms with E-state index in [-0.39, 0.29) is 0 Å². The molecule has 2 heterocycles. The lowest BCUT2D eigenvalue weighted by molar-refractivity contribution is 0.816. The zero-order valence-electron chi connectivity index (χ0n) is 11.2. The number of aromatic nitrogens is 4. The lowest BCUT2D eigenvalue weighted by Crippen LogP contribution is -2.07. The van der Waals surface area contributed by atoms with E-state index in [1.54, 1.807) is 0 Å². The van der Waals surface area contributed by atoms with Gasteiger partial charge in [0.05, 0.1) is 6.33 Å². The molecule has 0 radical (unpaired) electrons. The van der Waals surface area contributed by atoms with Crippen LogP contribution in [0.3, 0.4) is 0 Å². The maximum atomic E-state index is 4.50. The van der Waals surface area contributed by atoms with E-state index in [0.29, 0.717) is 0 Å². The Morgan fingerprint density at radius 3 is 2.85 bits per heavy atom. The minimum Gasteiger partial charge on any atom is -0.360 e. The normalized spacial score (nSPS) is 10.7. The van der Waals surface area contributed by atoms with Gasteiger partial charge in [0, 0.05) is 49.0 Å². The Hall–Kier alpha value is -2.21. The molecule has 0 spiro atoms. The van der Waals surface area contributed by atoms with E-state index in [2.05, 4.69) is 19.7 Å². The van der Waals surface area contributed by atoms with Gasteiger partial charge in [0.1, 0.15) is 0 Å². The molecule has 0 aliphatic rings. The van der Waals surface area contributed by atoms with E-state index in [0.717, 1.165) is 29.5 Å². The molecule has 102 valence electrons. The highest BCUT2D eigenvalue weighted by Crippen LogP contribution is 2.20. The molecular weight excluding hydrogens is 270 g/mol. The molecular formula is C14H15N5S. The van der Waals surface area contributed by atoms with Crippen molar-refractivity contribution in [2.75, 3.05) is 11.9 Å². The van der Waals surface area contributed by atoms with Crippen LogP contribution in [0.15, 0.2) is 42.9 Å². The summed E-state index contributed by atoms with van der Waals surface area (Å²) < 4.78 is 6.40. The average Bonchev–Trinajstić information content (AvgIpc) is 3.10. The van der Waals surface area contributed by atoms with Crippen molar-refractivity contribution in [3.8, 4) is 11.4 Å². The second kappa shape index (κ2) is 5.83. The van der Waals surface area contributed by atoms with Crippen molar-refractivity contribution in [2.24, 2.45) is 7.05 Å². The fourth-order valence-electron chi connectivity index (χ4n) is 1.92. The summed E-state index contributed by atoms with van der Waals surface area (Å²) in [4.78, 5) is 8.60. The number of nitrogens with zero attached hydrogens (tertiary/aromatic N) is 4. The molecule has 0 amide bonds. The van der Waals surface area contributed by atoms with Crippen molar-refractivity contribution >= 4 is 16.7 Å². The molecule has 1 aromatic carbocycles. The summed E-state index contributed by atoms with van der Waals surface area (Å²) in [6.45, 7) is 0.822. The van der Waals surface area contributed by atoms with Gasteiger partial charge in [-0.15, -0.1) is 0 Å². The SMILES string of the molecule is Cn1cncc1CCNc1nc(-c2ccccc2)ns1. The van der Waals surface area contributed by atoms with Crippen molar-refractivity contribution < 1.29 is 0 Å². The monoisotopic (exact) mass is 285 g/mol. The minimum absolute atomic E-state index is 0.777. The summed E-state index contributed by atoms with van der Waals surface area (Å²) in [6.07, 6.45) is 4.61. The van der Waals surface area contributed by atoms with E-state index in [4.69, 9.17) is 0 Å². The minimum atomic E-state index is 0.777. The van der Waals surface area contributed by atoms with Crippen LogP contribution >= 0.6 is 11.5 Å². The molecule has 0 saturated heterocycles. The van der Waals surface area contributed by atoms with Crippen LogP contribution in [-0.2, 0) is 13.5 Å². The van der Waals surface area contributed by atoms with Gasteiger partial charge in [-0.25, -0.2) is 4.98 Å². The van der Waals surface area contributed by atoms with Crippen LogP contribution in [0.1, 0.15) is 5.69 Å². The topological polar surface area (TPSA) is 55.6 Å². The molecule has 0 bridgehead atoms. The van der Waals surface area contributed by atoms with Gasteiger partial charge in [-0.05, 0) is 0 Å². The number of benzene rings is 1. The Morgan fingerprint density at radius 1 is 1.25 bits per heavy atom. The summed E-state index contributed by atoms with van der Waals surface area (Å²) in [5.74, 6) is 0.777. The number of anilines is 1. The molecule has 3 aromatic rings. The zero-order valence-corrected chi connectivity index (χ0v) is 12.0. The third-order valence-electron chi connectivity index (χ3n) is 3.03. The van der Waals surface area contributed by atoms with Crippen LogP contribution in [0.4, 0.5) is 5.13 Å². The van der Waals surface area contributed by atoms with Crippen LogP contribution in [-0.4, -0.2) is 25.5 Å². The van der Waals surface area contributed by atoms with Gasteiger partial charge in [-0.2, -0.15) is 9.36 Å². The number of imidazole rings is 1. The Kier molecular flexibility index (Phi) is 3.73. The van der Waals surface area contributed by atoms with Crippen molar-refractivity contribution in [1.82, 2.24) is 18.9 Å². The quantitative estimate of drug-likeness (QED) is 0.783. The Morgan fingerprint density at radius 2 is 2.10 bits per heavy atom. The highest BCUT2D eigenvalue weighted by Gasteiger charge is 2.06. The van der Waals surface area contributed by atoms with Crippen LogP contribution < -0.4 is 5.32 Å². The molecule has 0 unspecified atom stereocenters. The molecule has 2 aromatic heterocycles. The first-order chi connectivity index (χ1) is 9.83. The van der Waals surface area contributed by atoms with Crippen LogP contribution in [0.2, 0.25) is 0 Å². The van der Waals surface area contributed by atoms with Gasteiger partial charge in [0.2, 0.25) is 5.13 Å². The highest BCUT2D eigenvalue weighted by molar-refractivity contribution is 7.09. The molecule has 20 heavy (non-hydrogen) atoms. The van der Waals surface area contributed by atoms with Crippen LogP contribution in [0.5, 0.6) is 0 Å². The lowest BCUT2D eigenvalue weighted by Gasteiger charge is -2.02. The summed E-state index contributed by atoms with van der Waals surface area (Å²) in [5, 5.41) is 4.16. The summed E-state index contributed by atoms with van der Waals surface area (Å²) in [5.41, 5.74) is 2.24. The maximum Gasteiger partial charge on any atom is 0.202 e. The molecule has 5 nitrogen and oxygen atoms in total. The maximum absolute atomic E-state index is 4.50. The van der Waals surface area contributed by atoms with E-state index in [1.807, 2.05) is 54.5 Å². The van der Waals surface area contributed by atoms with Crippen molar-refractivity contribution in [1.29, 1.82) is 0 Å². The van der Waals surface area contributed by atoms with Crippen molar-refractivity contribution in [3.63, 3.8) is 0 Å². The fourth-order valence-corrected chi connectivity index (χ4v) is 2.54. The molecule has 1 N–H and O–H groups in total. The zero-order chi connectivity index (χ0) is 13.8. The number of nitrogens with one attached hydrogen (secondary N) is 1. The van der Waals surface area contributed by atoms with E-state index < -0.39 is 0 Å². The molecule has 6 heteroatoms. The van der Waals surface area contributed by atoms with E-state index >= 15 is 0 Å². The molecule has 0 atom stereocenters. The van der Waals surface area contributed by atoms with E-state index in [9.17, 15) is 0 Å². The van der Waals surface area contributed by atoms with Crippen LogP contribution in [0.25, 0.3) is 11.4 Å². The Balaban J connectivity index is 1.59. The highest BCUT2D eigenvalue weighted by atomic mass is 32.1. The second-order valence-corrected chi connectivity index (χ2v) is 5.21. The molecule has 0 saturated carbocycles. The number of hydrogen-bond donors (Lipinski definition) is 1. The predicted octanol–water partition coefficient (Wildman–Crippen LogP) is 2.59. The number of hydrogen-bond acceptors (Lipinski definition) is 5. The number of aryl methyl sites for hydroxylation is 1. The summed E-state index contributed by atoms with van der Waals surface area (Å²) in [6, 6.07) is 10.0. The molecule has 3 rings (SSSR count). The third kappa shape index (κ3) is 2.85. The van der Waals surface area contributed by atoms with Gasteiger partial charge in [0.25, 0.3) is 0 Å². The van der Waals surface area contributed by atoms with Crippen LogP contribution in [0, 0.1) is 0 Å².